The summed E-state index contributed by atoms with van der Waals surface area (Å²) in [5.74, 6) is 2.56. The predicted molar refractivity (Wildman–Crippen MR) is 93.7 cm³/mol. The molecule has 2 aromatic rings. The molecule has 0 aliphatic carbocycles. The topological polar surface area (TPSA) is 64.5 Å². The minimum Gasteiger partial charge on any atom is -0.497 e. The summed E-state index contributed by atoms with van der Waals surface area (Å²) in [5, 5.41) is 0. The van der Waals surface area contributed by atoms with Crippen LogP contribution in [0, 0.1) is 6.92 Å². The summed E-state index contributed by atoms with van der Waals surface area (Å²) >= 11 is 0. The Morgan fingerprint density at radius 1 is 1.20 bits per heavy atom. The number of methoxy groups -OCH3 is 2. The standard InChI is InChI=1S/C19H23N3O3/c1-13-20-10-15(11-21-13)18-8-16(23)6-7-22(18)12-14-4-5-17(24-2)9-19(14)25-3/h4-5,9-11,18H,6-8,12H2,1-3H3. The number of Topliss-reactive ketones (excluding diaryl/α,β-unsaturated/α-hetero) is 1. The lowest BCUT2D eigenvalue weighted by molar-refractivity contribution is -0.123. The Bertz CT molecular complexity index is 746. The molecule has 1 atom stereocenters. The molecule has 1 aromatic heterocycles. The second-order valence-electron chi connectivity index (χ2n) is 6.22. The minimum absolute atomic E-state index is 0.00587. The van der Waals surface area contributed by atoms with Gasteiger partial charge >= 0.3 is 0 Å². The molecule has 1 aliphatic heterocycles. The summed E-state index contributed by atoms with van der Waals surface area (Å²) < 4.78 is 10.8. The highest BCUT2D eigenvalue weighted by Gasteiger charge is 2.29. The van der Waals surface area contributed by atoms with Crippen molar-refractivity contribution < 1.29 is 14.3 Å². The van der Waals surface area contributed by atoms with Gasteiger partial charge < -0.3 is 9.47 Å². The zero-order valence-electron chi connectivity index (χ0n) is 14.9. The maximum Gasteiger partial charge on any atom is 0.136 e. The lowest BCUT2D eigenvalue weighted by Gasteiger charge is -2.35. The molecule has 3 rings (SSSR count). The van der Waals surface area contributed by atoms with Gasteiger partial charge in [0.25, 0.3) is 0 Å². The number of nitrogens with zero attached hydrogens (tertiary/aromatic N) is 3. The summed E-state index contributed by atoms with van der Waals surface area (Å²) in [6.07, 6.45) is 4.71. The molecule has 6 heteroatoms. The maximum atomic E-state index is 12.0. The monoisotopic (exact) mass is 341 g/mol. The summed E-state index contributed by atoms with van der Waals surface area (Å²) in [7, 11) is 3.29. The zero-order chi connectivity index (χ0) is 17.8. The van der Waals surface area contributed by atoms with Crippen molar-refractivity contribution in [3.63, 3.8) is 0 Å². The molecule has 1 saturated heterocycles. The van der Waals surface area contributed by atoms with E-state index in [2.05, 4.69) is 14.9 Å². The van der Waals surface area contributed by atoms with Crippen molar-refractivity contribution in [1.82, 2.24) is 14.9 Å². The molecular weight excluding hydrogens is 318 g/mol. The Labute approximate surface area is 147 Å². The SMILES string of the molecule is COc1ccc(CN2CCC(=O)CC2c2cnc(C)nc2)c(OC)c1. The lowest BCUT2D eigenvalue weighted by atomic mass is 9.95. The van der Waals surface area contributed by atoms with Gasteiger partial charge in [0.15, 0.2) is 0 Å². The first-order chi connectivity index (χ1) is 12.1. The van der Waals surface area contributed by atoms with E-state index in [0.29, 0.717) is 25.9 Å². The minimum atomic E-state index is -0.00587. The van der Waals surface area contributed by atoms with Crippen LogP contribution >= 0.6 is 0 Å². The van der Waals surface area contributed by atoms with Crippen molar-refractivity contribution in [1.29, 1.82) is 0 Å². The second-order valence-corrected chi connectivity index (χ2v) is 6.22. The number of carbonyl (C=O) groups excluding carboxylic acids is 1. The number of hydrogen-bond donors (Lipinski definition) is 0. The fourth-order valence-corrected chi connectivity index (χ4v) is 3.16. The number of carbonyl (C=O) groups is 1. The third-order valence-corrected chi connectivity index (χ3v) is 4.59. The van der Waals surface area contributed by atoms with Crippen molar-refractivity contribution in [2.75, 3.05) is 20.8 Å². The van der Waals surface area contributed by atoms with Gasteiger partial charge in [0.1, 0.15) is 23.1 Å². The predicted octanol–water partition coefficient (Wildman–Crippen LogP) is 2.71. The van der Waals surface area contributed by atoms with E-state index >= 15 is 0 Å². The van der Waals surface area contributed by atoms with Crippen molar-refractivity contribution in [2.24, 2.45) is 0 Å². The molecule has 1 aliphatic rings. The van der Waals surface area contributed by atoms with E-state index < -0.39 is 0 Å². The molecule has 0 N–H and O–H groups in total. The average Bonchev–Trinajstić information content (AvgIpc) is 2.64. The van der Waals surface area contributed by atoms with Crippen LogP contribution in [0.25, 0.3) is 0 Å². The number of likely N-dealkylation sites (tertiary alicyclic amines) is 1. The second kappa shape index (κ2) is 7.61. The first-order valence-electron chi connectivity index (χ1n) is 8.36. The van der Waals surface area contributed by atoms with Gasteiger partial charge in [0.2, 0.25) is 0 Å². The maximum absolute atomic E-state index is 12.0. The van der Waals surface area contributed by atoms with E-state index in [1.165, 1.54) is 0 Å². The third-order valence-electron chi connectivity index (χ3n) is 4.59. The van der Waals surface area contributed by atoms with Crippen LogP contribution < -0.4 is 9.47 Å². The van der Waals surface area contributed by atoms with Gasteiger partial charge in [-0.15, -0.1) is 0 Å². The molecule has 2 heterocycles. The molecule has 1 fully saturated rings. The van der Waals surface area contributed by atoms with E-state index in [4.69, 9.17) is 9.47 Å². The van der Waals surface area contributed by atoms with Gasteiger partial charge in [-0.1, -0.05) is 6.07 Å². The first-order valence-corrected chi connectivity index (χ1v) is 8.36. The number of aromatic nitrogens is 2. The summed E-state index contributed by atoms with van der Waals surface area (Å²) in [6.45, 7) is 3.27. The highest BCUT2D eigenvalue weighted by molar-refractivity contribution is 5.80. The van der Waals surface area contributed by atoms with Crippen LogP contribution in [0.2, 0.25) is 0 Å². The normalized spacial score (nSPS) is 18.2. The number of piperidine rings is 1. The van der Waals surface area contributed by atoms with Gasteiger partial charge in [0, 0.05) is 61.6 Å². The molecule has 0 amide bonds. The average molecular weight is 341 g/mol. The molecule has 132 valence electrons. The van der Waals surface area contributed by atoms with Crippen LogP contribution in [-0.4, -0.2) is 41.4 Å². The van der Waals surface area contributed by atoms with E-state index in [1.807, 2.05) is 37.5 Å². The molecule has 6 nitrogen and oxygen atoms in total. The number of ether oxygens (including phenoxy) is 2. The van der Waals surface area contributed by atoms with Gasteiger partial charge in [-0.25, -0.2) is 9.97 Å². The van der Waals surface area contributed by atoms with Crippen molar-refractivity contribution >= 4 is 5.78 Å². The zero-order valence-corrected chi connectivity index (χ0v) is 14.9. The smallest absolute Gasteiger partial charge is 0.136 e. The van der Waals surface area contributed by atoms with Crippen molar-refractivity contribution in [2.45, 2.75) is 32.4 Å². The molecule has 0 radical (unpaired) electrons. The highest BCUT2D eigenvalue weighted by Crippen LogP contribution is 2.33. The fraction of sp³-hybridized carbons (Fsp3) is 0.421. The van der Waals surface area contributed by atoms with Gasteiger partial charge in [-0.3, -0.25) is 9.69 Å². The largest absolute Gasteiger partial charge is 0.497 e. The van der Waals surface area contributed by atoms with E-state index in [9.17, 15) is 4.79 Å². The fourth-order valence-electron chi connectivity index (χ4n) is 3.16. The molecule has 0 spiro atoms. The quantitative estimate of drug-likeness (QED) is 0.833. The van der Waals surface area contributed by atoms with Crippen LogP contribution in [-0.2, 0) is 11.3 Å². The van der Waals surface area contributed by atoms with E-state index in [1.54, 1.807) is 14.2 Å². The molecule has 0 saturated carbocycles. The van der Waals surface area contributed by atoms with Crippen LogP contribution in [0.4, 0.5) is 0 Å². The Hall–Kier alpha value is -2.47. The van der Waals surface area contributed by atoms with Crippen molar-refractivity contribution in [3.8, 4) is 11.5 Å². The number of rotatable bonds is 5. The Morgan fingerprint density at radius 3 is 2.64 bits per heavy atom. The van der Waals surface area contributed by atoms with Crippen LogP contribution in [0.5, 0.6) is 11.5 Å². The summed E-state index contributed by atoms with van der Waals surface area (Å²) in [4.78, 5) is 22.9. The molecule has 1 aromatic carbocycles. The molecule has 25 heavy (non-hydrogen) atoms. The molecule has 1 unspecified atom stereocenters. The number of benzene rings is 1. The van der Waals surface area contributed by atoms with Crippen molar-refractivity contribution in [3.05, 3.63) is 47.5 Å². The van der Waals surface area contributed by atoms with Crippen LogP contribution in [0.3, 0.4) is 0 Å². The van der Waals surface area contributed by atoms with Gasteiger partial charge in [0.05, 0.1) is 14.2 Å². The highest BCUT2D eigenvalue weighted by atomic mass is 16.5. The van der Waals surface area contributed by atoms with E-state index in [0.717, 1.165) is 28.5 Å². The lowest BCUT2D eigenvalue weighted by Crippen LogP contribution is -2.36. The number of ketones is 1. The number of aryl methyl sites for hydroxylation is 1. The van der Waals surface area contributed by atoms with E-state index in [-0.39, 0.29) is 11.8 Å². The first kappa shape index (κ1) is 17.4. The molecular formula is C19H23N3O3. The van der Waals surface area contributed by atoms with Gasteiger partial charge in [-0.05, 0) is 13.0 Å². The van der Waals surface area contributed by atoms with Crippen LogP contribution in [0.15, 0.2) is 30.6 Å². The van der Waals surface area contributed by atoms with Gasteiger partial charge in [-0.2, -0.15) is 0 Å². The Morgan fingerprint density at radius 2 is 1.96 bits per heavy atom. The van der Waals surface area contributed by atoms with Crippen LogP contribution in [0.1, 0.15) is 35.8 Å². The Kier molecular flexibility index (Phi) is 5.28. The summed E-state index contributed by atoms with van der Waals surface area (Å²) in [5.41, 5.74) is 2.04. The number of hydrogen-bond acceptors (Lipinski definition) is 6. The Balaban J connectivity index is 1.86. The third kappa shape index (κ3) is 3.96. The molecule has 0 bridgehead atoms. The summed E-state index contributed by atoms with van der Waals surface area (Å²) in [6, 6.07) is 5.82.